The van der Waals surface area contributed by atoms with E-state index in [1.807, 2.05) is 76.5 Å². The van der Waals surface area contributed by atoms with Gasteiger partial charge in [0.25, 0.3) is 5.91 Å². The van der Waals surface area contributed by atoms with E-state index in [-0.39, 0.29) is 55.3 Å². The maximum absolute atomic E-state index is 14.2. The van der Waals surface area contributed by atoms with Crippen LogP contribution in [0.15, 0.2) is 78.4 Å². The van der Waals surface area contributed by atoms with Gasteiger partial charge in [0.15, 0.2) is 0 Å². The van der Waals surface area contributed by atoms with Gasteiger partial charge in [-0.1, -0.05) is 51.1 Å². The summed E-state index contributed by atoms with van der Waals surface area (Å²) in [6.07, 6.45) is 1.91. The molecule has 0 bridgehead atoms. The standard InChI is InChI=1S/C47H57N9O7S/c1-27-21-34(18-20-55(27)32-15-16-37(40(22-32)62-7)52-44(59)38-10-8-9-35(51-38)36-17-19-49-54-36)63-25-41(58)53-43(47(4,5)6)46(61)56-24-33(57)23-39(56)45(60)50-28(2)30-11-13-31(14-12-30)42-29(3)48-26-64-42/h8-17,19,22,26-28,33-34,39,43,57H,18,20-21,23-25H2,1-7H3,(H,49,54)(H,50,60)(H,52,59)(H,53,58)/t27-,28-,33+,34+,39-,43+/m0/s1. The van der Waals surface area contributed by atoms with E-state index in [0.717, 1.165) is 27.4 Å². The molecule has 5 aromatic rings. The Bertz CT molecular complexity index is 2430. The van der Waals surface area contributed by atoms with Crippen LogP contribution in [0.3, 0.4) is 0 Å². The molecule has 2 aromatic carbocycles. The summed E-state index contributed by atoms with van der Waals surface area (Å²) in [5.41, 5.74) is 6.97. The first-order valence-corrected chi connectivity index (χ1v) is 22.4. The lowest BCUT2D eigenvalue weighted by Gasteiger charge is -2.39. The van der Waals surface area contributed by atoms with Crippen LogP contribution in [0, 0.1) is 12.3 Å². The van der Waals surface area contributed by atoms with Crippen LogP contribution in [0.25, 0.3) is 21.8 Å². The Morgan fingerprint density at radius 2 is 1.81 bits per heavy atom. The molecule has 6 atom stereocenters. The van der Waals surface area contributed by atoms with Crippen LogP contribution in [-0.4, -0.2) is 111 Å². The molecule has 338 valence electrons. The van der Waals surface area contributed by atoms with Gasteiger partial charge in [-0.05, 0) is 80.5 Å². The molecule has 64 heavy (non-hydrogen) atoms. The molecule has 0 aliphatic carbocycles. The number of aliphatic hydroxyl groups is 1. The van der Waals surface area contributed by atoms with Crippen LogP contribution in [0.1, 0.15) is 81.7 Å². The Balaban J connectivity index is 0.913. The summed E-state index contributed by atoms with van der Waals surface area (Å²) in [6, 6.07) is 18.4. The number of hydrogen-bond donors (Lipinski definition) is 5. The highest BCUT2D eigenvalue weighted by Gasteiger charge is 2.45. The predicted molar refractivity (Wildman–Crippen MR) is 245 cm³/mol. The van der Waals surface area contributed by atoms with Crippen LogP contribution in [0.2, 0.25) is 0 Å². The summed E-state index contributed by atoms with van der Waals surface area (Å²) >= 11 is 1.57. The number of anilines is 2. The number of ether oxygens (including phenoxy) is 2. The number of benzene rings is 2. The second-order valence-corrected chi connectivity index (χ2v) is 18.5. The van der Waals surface area contributed by atoms with Crippen molar-refractivity contribution >= 4 is 46.3 Å². The van der Waals surface area contributed by atoms with Gasteiger partial charge in [0, 0.05) is 43.5 Å². The molecule has 0 saturated carbocycles. The highest BCUT2D eigenvalue weighted by atomic mass is 32.1. The molecule has 17 heteroatoms. The third-order valence-electron chi connectivity index (χ3n) is 11.9. The molecule has 5 N–H and O–H groups in total. The van der Waals surface area contributed by atoms with Crippen LogP contribution in [0.4, 0.5) is 11.4 Å². The average molecular weight is 892 g/mol. The highest BCUT2D eigenvalue weighted by Crippen LogP contribution is 2.34. The topological polar surface area (TPSA) is 204 Å². The molecule has 0 unspecified atom stereocenters. The van der Waals surface area contributed by atoms with E-state index in [1.54, 1.807) is 55.0 Å². The van der Waals surface area contributed by atoms with Crippen LogP contribution < -0.4 is 25.6 Å². The maximum atomic E-state index is 14.2. The number of carbonyl (C=O) groups is 4. The first-order valence-electron chi connectivity index (χ1n) is 21.5. The van der Waals surface area contributed by atoms with E-state index >= 15 is 0 Å². The molecule has 2 aliphatic heterocycles. The quantitative estimate of drug-likeness (QED) is 0.0887. The first kappa shape index (κ1) is 45.8. The van der Waals surface area contributed by atoms with Gasteiger partial charge in [0.1, 0.15) is 30.1 Å². The lowest BCUT2D eigenvalue weighted by atomic mass is 9.85. The van der Waals surface area contributed by atoms with Gasteiger partial charge in [-0.3, -0.25) is 24.3 Å². The maximum Gasteiger partial charge on any atom is 0.274 e. The number of amides is 4. The second kappa shape index (κ2) is 19.7. The molecule has 16 nitrogen and oxygen atoms in total. The monoisotopic (exact) mass is 891 g/mol. The van der Waals surface area contributed by atoms with E-state index in [2.05, 4.69) is 47.9 Å². The Labute approximate surface area is 377 Å². The molecule has 2 aliphatic rings. The number of likely N-dealkylation sites (tertiary alicyclic amines) is 1. The molecule has 2 fully saturated rings. The molecule has 7 rings (SSSR count). The van der Waals surface area contributed by atoms with E-state index in [1.165, 1.54) is 4.90 Å². The minimum absolute atomic E-state index is 0.0218. The average Bonchev–Trinajstić information content (AvgIpc) is 4.07. The number of H-pyrrole nitrogens is 1. The summed E-state index contributed by atoms with van der Waals surface area (Å²) in [4.78, 5) is 68.1. The van der Waals surface area contributed by atoms with Crippen molar-refractivity contribution in [2.45, 2.75) is 97.2 Å². The normalized spacial score (nSPS) is 19.8. The number of pyridine rings is 1. The zero-order valence-electron chi connectivity index (χ0n) is 37.3. The highest BCUT2D eigenvalue weighted by molar-refractivity contribution is 7.13. The van der Waals surface area contributed by atoms with Gasteiger partial charge in [-0.25, -0.2) is 9.97 Å². The molecule has 3 aromatic heterocycles. The Kier molecular flexibility index (Phi) is 14.1. The van der Waals surface area contributed by atoms with Crippen LogP contribution >= 0.6 is 11.3 Å². The fourth-order valence-corrected chi connectivity index (χ4v) is 9.15. The van der Waals surface area contributed by atoms with Crippen molar-refractivity contribution in [1.82, 2.24) is 35.7 Å². The van der Waals surface area contributed by atoms with Crippen molar-refractivity contribution in [2.24, 2.45) is 5.41 Å². The molecule has 0 spiro atoms. The number of aryl methyl sites for hydroxylation is 1. The van der Waals surface area contributed by atoms with Crippen molar-refractivity contribution < 1.29 is 33.8 Å². The summed E-state index contributed by atoms with van der Waals surface area (Å²) in [5, 5.41) is 26.4. The van der Waals surface area contributed by atoms with Gasteiger partial charge in [0.2, 0.25) is 17.7 Å². The number of nitrogens with zero attached hydrogens (tertiary/aromatic N) is 5. The second-order valence-electron chi connectivity index (χ2n) is 17.6. The number of β-amino-alcohol motifs (C(OH)–C–C–N with tert-alkyl or cyclic N) is 1. The fourth-order valence-electron chi connectivity index (χ4n) is 8.33. The number of carbonyl (C=O) groups excluding carboxylic acids is 4. The third-order valence-corrected chi connectivity index (χ3v) is 12.8. The zero-order chi connectivity index (χ0) is 45.7. The van der Waals surface area contributed by atoms with E-state index < -0.39 is 35.4 Å². The number of aromatic amines is 1. The Morgan fingerprint density at radius 3 is 2.48 bits per heavy atom. The van der Waals surface area contributed by atoms with E-state index in [0.29, 0.717) is 42.2 Å². The van der Waals surface area contributed by atoms with E-state index in [9.17, 15) is 24.3 Å². The number of hydrogen-bond acceptors (Lipinski definition) is 12. The Hall–Kier alpha value is -6.17. The predicted octanol–water partition coefficient (Wildman–Crippen LogP) is 5.91. The first-order chi connectivity index (χ1) is 30.6. The van der Waals surface area contributed by atoms with Crippen LogP contribution in [-0.2, 0) is 19.1 Å². The lowest BCUT2D eigenvalue weighted by Crippen LogP contribution is -2.58. The molecular formula is C47H57N9O7S. The van der Waals surface area contributed by atoms with Crippen molar-refractivity contribution in [3.8, 4) is 27.6 Å². The van der Waals surface area contributed by atoms with Gasteiger partial charge in [-0.2, -0.15) is 5.10 Å². The summed E-state index contributed by atoms with van der Waals surface area (Å²) < 4.78 is 11.8. The summed E-state index contributed by atoms with van der Waals surface area (Å²) in [7, 11) is 1.55. The summed E-state index contributed by atoms with van der Waals surface area (Å²) in [5.74, 6) is -1.14. The number of thiazole rings is 1. The SMILES string of the molecule is COc1cc(N2CC[C@@H](OCC(=O)N[C@H](C(=O)N3C[C@H](O)C[C@H]3C(=O)N[C@@H](C)c3ccc(-c4scnc4C)cc3)C(C)(C)C)C[C@@H]2C)ccc1NC(=O)c1cccc(-c2ccn[nH]2)n1. The molecule has 5 heterocycles. The summed E-state index contributed by atoms with van der Waals surface area (Å²) in [6.45, 7) is 11.9. The number of aromatic nitrogens is 4. The molecule has 4 amide bonds. The van der Waals surface area contributed by atoms with Crippen LogP contribution in [0.5, 0.6) is 5.75 Å². The zero-order valence-corrected chi connectivity index (χ0v) is 38.1. The van der Waals surface area contributed by atoms with Crippen molar-refractivity contribution in [1.29, 1.82) is 0 Å². The lowest BCUT2D eigenvalue weighted by molar-refractivity contribution is -0.145. The van der Waals surface area contributed by atoms with Crippen molar-refractivity contribution in [2.75, 3.05) is 37.0 Å². The third kappa shape index (κ3) is 10.6. The van der Waals surface area contributed by atoms with Gasteiger partial charge < -0.3 is 40.3 Å². The van der Waals surface area contributed by atoms with Gasteiger partial charge in [0.05, 0.1) is 58.5 Å². The van der Waals surface area contributed by atoms with E-state index in [4.69, 9.17) is 9.47 Å². The number of methoxy groups -OCH3 is 1. The fraction of sp³-hybridized carbons (Fsp3) is 0.426. The minimum atomic E-state index is -0.976. The molecule has 0 radical (unpaired) electrons. The number of nitrogens with one attached hydrogen (secondary N) is 4. The smallest absolute Gasteiger partial charge is 0.274 e. The van der Waals surface area contributed by atoms with Crippen molar-refractivity contribution in [3.05, 3.63) is 95.4 Å². The molecule has 2 saturated heterocycles. The van der Waals surface area contributed by atoms with Gasteiger partial charge in [-0.15, -0.1) is 11.3 Å². The number of piperidine rings is 1. The largest absolute Gasteiger partial charge is 0.494 e. The number of aliphatic hydroxyl groups excluding tert-OH is 1. The van der Waals surface area contributed by atoms with Gasteiger partial charge >= 0.3 is 0 Å². The minimum Gasteiger partial charge on any atom is -0.494 e. The molecular weight excluding hydrogens is 835 g/mol. The number of rotatable bonds is 14. The Morgan fingerprint density at radius 1 is 1.03 bits per heavy atom. The van der Waals surface area contributed by atoms with Crippen molar-refractivity contribution in [3.63, 3.8) is 0 Å².